The van der Waals surface area contributed by atoms with Crippen molar-refractivity contribution in [3.8, 4) is 11.5 Å². The normalized spacial score (nSPS) is 27.6. The zero-order valence-corrected chi connectivity index (χ0v) is 18.2. The molecule has 2 aromatic rings. The number of piperidine rings is 1. The fourth-order valence-electron chi connectivity index (χ4n) is 5.17. The lowest BCUT2D eigenvalue weighted by Gasteiger charge is -2.50. The van der Waals surface area contributed by atoms with Crippen LogP contribution in [-0.2, 0) is 0 Å². The molecule has 3 heterocycles. The Hall–Kier alpha value is -2.50. The Morgan fingerprint density at radius 2 is 1.93 bits per heavy atom. The maximum absolute atomic E-state index is 6.77. The molecule has 0 saturated carbocycles. The average Bonchev–Trinajstić information content (AvgIpc) is 3.23. The number of nitrogens with zero attached hydrogens (tertiary/aromatic N) is 1. The van der Waals surface area contributed by atoms with Crippen molar-refractivity contribution in [3.63, 3.8) is 0 Å². The molecule has 2 N–H and O–H groups in total. The first-order valence-corrected chi connectivity index (χ1v) is 11.2. The maximum Gasteiger partial charge on any atom is 0.191 e. The van der Waals surface area contributed by atoms with Crippen LogP contribution in [0.15, 0.2) is 48.5 Å². The smallest absolute Gasteiger partial charge is 0.191 e. The van der Waals surface area contributed by atoms with Gasteiger partial charge in [0.15, 0.2) is 5.72 Å². The molecule has 3 aliphatic heterocycles. The number of likely N-dealkylation sites (tertiary alicyclic amines) is 1. The van der Waals surface area contributed by atoms with Gasteiger partial charge in [0, 0.05) is 5.56 Å². The molecule has 5 heteroatoms. The summed E-state index contributed by atoms with van der Waals surface area (Å²) in [6.07, 6.45) is 5.65. The van der Waals surface area contributed by atoms with E-state index in [1.165, 1.54) is 29.7 Å². The fourth-order valence-corrected chi connectivity index (χ4v) is 5.17. The summed E-state index contributed by atoms with van der Waals surface area (Å²) in [7, 11) is 1.70. The highest BCUT2D eigenvalue weighted by atomic mass is 16.5. The standard InChI is InChI=1S/C25H31N3O2/c1-4-13-27-14-11-25(12-15-27)28-23(21-16-18(2)5-10-24(21)30-25)17-22(26-28)19-6-8-20(29-3)9-7-19/h5-10,16-17,23,26H,4,11-15H2,1-3H3/p+1/t23-/m1/s1. The van der Waals surface area contributed by atoms with Gasteiger partial charge in [-0.05, 0) is 55.3 Å². The summed E-state index contributed by atoms with van der Waals surface area (Å²) in [5.74, 6) is 1.91. The molecular formula is C25H32N3O2+. The van der Waals surface area contributed by atoms with Crippen LogP contribution < -0.4 is 19.8 Å². The van der Waals surface area contributed by atoms with E-state index in [2.05, 4.69) is 60.7 Å². The van der Waals surface area contributed by atoms with Gasteiger partial charge in [0.1, 0.15) is 11.5 Å². The van der Waals surface area contributed by atoms with Gasteiger partial charge in [-0.1, -0.05) is 24.6 Å². The summed E-state index contributed by atoms with van der Waals surface area (Å²) in [6.45, 7) is 7.97. The second-order valence-corrected chi connectivity index (χ2v) is 8.83. The monoisotopic (exact) mass is 406 g/mol. The van der Waals surface area contributed by atoms with Gasteiger partial charge in [0.05, 0.1) is 51.3 Å². The van der Waals surface area contributed by atoms with E-state index in [4.69, 9.17) is 9.47 Å². The number of fused-ring (bicyclic) bond motifs is 4. The lowest BCUT2D eigenvalue weighted by atomic mass is 9.92. The highest BCUT2D eigenvalue weighted by Gasteiger charge is 2.52. The lowest BCUT2D eigenvalue weighted by molar-refractivity contribution is -0.908. The molecule has 0 radical (unpaired) electrons. The third kappa shape index (κ3) is 3.26. The van der Waals surface area contributed by atoms with Crippen molar-refractivity contribution in [1.29, 1.82) is 0 Å². The van der Waals surface area contributed by atoms with E-state index in [0.717, 1.165) is 43.1 Å². The maximum atomic E-state index is 6.77. The first kappa shape index (κ1) is 19.5. The molecule has 3 aliphatic rings. The van der Waals surface area contributed by atoms with E-state index in [0.29, 0.717) is 0 Å². The summed E-state index contributed by atoms with van der Waals surface area (Å²) in [4.78, 5) is 1.69. The highest BCUT2D eigenvalue weighted by Crippen LogP contribution is 2.47. The molecule has 158 valence electrons. The second kappa shape index (κ2) is 7.64. The van der Waals surface area contributed by atoms with Crippen molar-refractivity contribution in [1.82, 2.24) is 10.4 Å². The van der Waals surface area contributed by atoms with E-state index in [9.17, 15) is 0 Å². The second-order valence-electron chi connectivity index (χ2n) is 8.83. The zero-order chi connectivity index (χ0) is 20.7. The summed E-state index contributed by atoms with van der Waals surface area (Å²) >= 11 is 0. The number of quaternary nitrogens is 1. The Kier molecular flexibility index (Phi) is 4.95. The van der Waals surface area contributed by atoms with Crippen LogP contribution in [0.5, 0.6) is 11.5 Å². The van der Waals surface area contributed by atoms with Gasteiger partial charge < -0.3 is 19.8 Å². The Bertz CT molecular complexity index is 945. The molecule has 0 unspecified atom stereocenters. The van der Waals surface area contributed by atoms with Crippen molar-refractivity contribution in [2.45, 2.75) is 44.9 Å². The minimum atomic E-state index is -0.297. The Balaban J connectivity index is 1.50. The number of ether oxygens (including phenoxy) is 2. The topological polar surface area (TPSA) is 38.2 Å². The van der Waals surface area contributed by atoms with Gasteiger partial charge in [0.25, 0.3) is 0 Å². The van der Waals surface area contributed by atoms with Gasteiger partial charge >= 0.3 is 0 Å². The summed E-state index contributed by atoms with van der Waals surface area (Å²) in [6, 6.07) is 15.1. The lowest BCUT2D eigenvalue weighted by Crippen LogP contribution is -3.14. The van der Waals surface area contributed by atoms with Crippen LogP contribution >= 0.6 is 0 Å². The quantitative estimate of drug-likeness (QED) is 0.819. The molecule has 0 aromatic heterocycles. The number of methoxy groups -OCH3 is 1. The van der Waals surface area contributed by atoms with Gasteiger partial charge in [-0.2, -0.15) is 5.01 Å². The Morgan fingerprint density at radius 1 is 1.17 bits per heavy atom. The number of rotatable bonds is 4. The zero-order valence-electron chi connectivity index (χ0n) is 18.2. The third-order valence-corrected chi connectivity index (χ3v) is 6.81. The van der Waals surface area contributed by atoms with E-state index < -0.39 is 0 Å². The molecule has 5 rings (SSSR count). The van der Waals surface area contributed by atoms with Crippen molar-refractivity contribution >= 4 is 5.70 Å². The molecular weight excluding hydrogens is 374 g/mol. The van der Waals surface area contributed by atoms with Crippen LogP contribution in [0.2, 0.25) is 0 Å². The minimum absolute atomic E-state index is 0.179. The SMILES string of the molecule is CCC[NH+]1CCC2(CC1)Oc1ccc(C)cc1[C@H]1C=C(c3ccc(OC)cc3)NN12. The molecule has 0 bridgehead atoms. The molecule has 2 aromatic carbocycles. The number of nitrogens with one attached hydrogen (secondary N) is 2. The molecule has 5 nitrogen and oxygen atoms in total. The molecule has 1 fully saturated rings. The predicted molar refractivity (Wildman–Crippen MR) is 118 cm³/mol. The fraction of sp³-hybridized carbons (Fsp3) is 0.440. The minimum Gasteiger partial charge on any atom is -0.497 e. The summed E-state index contributed by atoms with van der Waals surface area (Å²) < 4.78 is 12.1. The number of benzene rings is 2. The third-order valence-electron chi connectivity index (χ3n) is 6.81. The molecule has 1 saturated heterocycles. The van der Waals surface area contributed by atoms with Crippen LogP contribution in [0.25, 0.3) is 5.70 Å². The van der Waals surface area contributed by atoms with Crippen molar-refractivity contribution in [3.05, 3.63) is 65.2 Å². The largest absolute Gasteiger partial charge is 0.497 e. The van der Waals surface area contributed by atoms with E-state index in [1.807, 2.05) is 12.1 Å². The number of aryl methyl sites for hydroxylation is 1. The summed E-state index contributed by atoms with van der Waals surface area (Å²) in [5.41, 5.74) is 8.26. The Morgan fingerprint density at radius 3 is 2.63 bits per heavy atom. The molecule has 30 heavy (non-hydrogen) atoms. The van der Waals surface area contributed by atoms with Gasteiger partial charge in [-0.25, -0.2) is 0 Å². The number of hydrogen-bond donors (Lipinski definition) is 2. The van der Waals surface area contributed by atoms with Gasteiger partial charge in [-0.15, -0.1) is 0 Å². The summed E-state index contributed by atoms with van der Waals surface area (Å²) in [5, 5.41) is 2.39. The first-order valence-electron chi connectivity index (χ1n) is 11.2. The van der Waals surface area contributed by atoms with Crippen molar-refractivity contribution < 1.29 is 14.4 Å². The predicted octanol–water partition coefficient (Wildman–Crippen LogP) is 3.08. The van der Waals surface area contributed by atoms with Gasteiger partial charge in [-0.3, -0.25) is 0 Å². The molecule has 1 spiro atoms. The average molecular weight is 407 g/mol. The van der Waals surface area contributed by atoms with Crippen LogP contribution in [0.4, 0.5) is 0 Å². The highest BCUT2D eigenvalue weighted by molar-refractivity contribution is 5.68. The van der Waals surface area contributed by atoms with Gasteiger partial charge in [0.2, 0.25) is 0 Å². The molecule has 1 atom stereocenters. The van der Waals surface area contributed by atoms with Crippen molar-refractivity contribution in [2.24, 2.45) is 0 Å². The number of hydrogen-bond acceptors (Lipinski definition) is 4. The van der Waals surface area contributed by atoms with E-state index >= 15 is 0 Å². The molecule has 0 aliphatic carbocycles. The Labute approximate surface area is 179 Å². The van der Waals surface area contributed by atoms with Crippen LogP contribution in [0, 0.1) is 6.92 Å². The van der Waals surface area contributed by atoms with Crippen LogP contribution in [-0.4, -0.2) is 37.5 Å². The number of hydrazine groups is 1. The van der Waals surface area contributed by atoms with Crippen LogP contribution in [0.1, 0.15) is 48.9 Å². The van der Waals surface area contributed by atoms with Crippen molar-refractivity contribution in [2.75, 3.05) is 26.7 Å². The van der Waals surface area contributed by atoms with E-state index in [-0.39, 0.29) is 11.8 Å². The van der Waals surface area contributed by atoms with Crippen LogP contribution in [0.3, 0.4) is 0 Å². The molecule has 0 amide bonds. The first-order chi connectivity index (χ1) is 14.6. The van der Waals surface area contributed by atoms with E-state index in [1.54, 1.807) is 12.0 Å².